The van der Waals surface area contributed by atoms with E-state index in [1.165, 1.54) is 7.11 Å². The van der Waals surface area contributed by atoms with Crippen molar-refractivity contribution in [2.75, 3.05) is 12.4 Å². The van der Waals surface area contributed by atoms with Crippen molar-refractivity contribution in [1.29, 1.82) is 0 Å². The van der Waals surface area contributed by atoms with Crippen molar-refractivity contribution in [2.24, 2.45) is 0 Å². The summed E-state index contributed by atoms with van der Waals surface area (Å²) in [5.41, 5.74) is 2.65. The molecule has 0 spiro atoms. The molecule has 6 nitrogen and oxygen atoms in total. The molecule has 0 radical (unpaired) electrons. The number of aryl methyl sites for hydroxylation is 1. The van der Waals surface area contributed by atoms with Crippen molar-refractivity contribution in [1.82, 2.24) is 10.2 Å². The fraction of sp³-hybridized carbons (Fsp3) is 0.357. The lowest BCUT2D eigenvalue weighted by molar-refractivity contribution is -0.140. The number of aromatic nitrogens is 2. The summed E-state index contributed by atoms with van der Waals surface area (Å²) in [6.07, 6.45) is 2.77. The smallest absolute Gasteiger partial charge is 0.305 e. The minimum atomic E-state index is -0.299. The SMILES string of the molecule is COC(=O)CCCC(=O)Nc1cc(C)c2cn[nH]c2c1. The molecule has 20 heavy (non-hydrogen) atoms. The standard InChI is InChI=1S/C14H17N3O3/c1-9-6-10(7-12-11(9)8-15-17-12)16-13(18)4-3-5-14(19)20-2/h6-8H,3-5H2,1-2H3,(H,15,17)(H,16,18). The van der Waals surface area contributed by atoms with Gasteiger partial charge in [-0.1, -0.05) is 0 Å². The van der Waals surface area contributed by atoms with E-state index in [0.29, 0.717) is 6.42 Å². The fourth-order valence-electron chi connectivity index (χ4n) is 2.02. The zero-order valence-corrected chi connectivity index (χ0v) is 11.5. The molecule has 6 heteroatoms. The van der Waals surface area contributed by atoms with Crippen LogP contribution in [0.5, 0.6) is 0 Å². The van der Waals surface area contributed by atoms with E-state index in [4.69, 9.17) is 0 Å². The van der Waals surface area contributed by atoms with Gasteiger partial charge in [0.05, 0.1) is 18.8 Å². The Morgan fingerprint density at radius 1 is 1.35 bits per heavy atom. The number of hydrogen-bond acceptors (Lipinski definition) is 4. The molecule has 2 N–H and O–H groups in total. The maximum Gasteiger partial charge on any atom is 0.305 e. The van der Waals surface area contributed by atoms with Crippen LogP contribution in [0.15, 0.2) is 18.3 Å². The van der Waals surface area contributed by atoms with E-state index in [1.54, 1.807) is 6.20 Å². The first-order valence-electron chi connectivity index (χ1n) is 6.40. The third kappa shape index (κ3) is 3.34. The van der Waals surface area contributed by atoms with Crippen LogP contribution in [0.3, 0.4) is 0 Å². The topological polar surface area (TPSA) is 84.1 Å². The van der Waals surface area contributed by atoms with Gasteiger partial charge in [-0.2, -0.15) is 5.10 Å². The second-order valence-corrected chi connectivity index (χ2v) is 4.60. The lowest BCUT2D eigenvalue weighted by Crippen LogP contribution is -2.12. The molecule has 0 saturated carbocycles. The summed E-state index contributed by atoms with van der Waals surface area (Å²) in [7, 11) is 1.34. The molecular weight excluding hydrogens is 258 g/mol. The number of ether oxygens (including phenoxy) is 1. The number of hydrogen-bond donors (Lipinski definition) is 2. The summed E-state index contributed by atoms with van der Waals surface area (Å²) < 4.78 is 4.52. The van der Waals surface area contributed by atoms with Gasteiger partial charge in [0.2, 0.25) is 5.91 Å². The number of amides is 1. The summed E-state index contributed by atoms with van der Waals surface area (Å²) in [6.45, 7) is 1.96. The average Bonchev–Trinajstić information content (AvgIpc) is 2.87. The van der Waals surface area contributed by atoms with E-state index in [-0.39, 0.29) is 24.7 Å². The van der Waals surface area contributed by atoms with Crippen LogP contribution in [-0.2, 0) is 14.3 Å². The van der Waals surface area contributed by atoms with Crippen LogP contribution in [0.2, 0.25) is 0 Å². The molecule has 0 atom stereocenters. The van der Waals surface area contributed by atoms with Gasteiger partial charge in [-0.15, -0.1) is 0 Å². The van der Waals surface area contributed by atoms with Crippen molar-refractivity contribution >= 4 is 28.5 Å². The highest BCUT2D eigenvalue weighted by Gasteiger charge is 2.08. The number of aromatic amines is 1. The minimum absolute atomic E-state index is 0.118. The predicted molar refractivity (Wildman–Crippen MR) is 75.3 cm³/mol. The van der Waals surface area contributed by atoms with Gasteiger partial charge >= 0.3 is 5.97 Å². The van der Waals surface area contributed by atoms with Gasteiger partial charge in [-0.25, -0.2) is 0 Å². The maximum absolute atomic E-state index is 11.8. The van der Waals surface area contributed by atoms with Gasteiger partial charge in [-0.3, -0.25) is 14.7 Å². The first-order valence-corrected chi connectivity index (χ1v) is 6.40. The highest BCUT2D eigenvalue weighted by Crippen LogP contribution is 2.21. The molecule has 1 heterocycles. The lowest BCUT2D eigenvalue weighted by atomic mass is 10.1. The van der Waals surface area contributed by atoms with E-state index in [0.717, 1.165) is 22.2 Å². The molecule has 1 amide bonds. The van der Waals surface area contributed by atoms with Gasteiger partial charge in [0, 0.05) is 23.9 Å². The normalized spacial score (nSPS) is 10.5. The van der Waals surface area contributed by atoms with Gasteiger partial charge < -0.3 is 10.1 Å². The number of H-pyrrole nitrogens is 1. The Bertz CT molecular complexity index is 634. The highest BCUT2D eigenvalue weighted by molar-refractivity contribution is 5.94. The molecular formula is C14H17N3O3. The first kappa shape index (κ1) is 14.0. The molecule has 1 aromatic carbocycles. The Labute approximate surface area is 116 Å². The van der Waals surface area contributed by atoms with Gasteiger partial charge in [-0.05, 0) is 31.0 Å². The quantitative estimate of drug-likeness (QED) is 0.819. The molecule has 0 bridgehead atoms. The molecule has 0 aliphatic rings. The molecule has 0 unspecified atom stereocenters. The summed E-state index contributed by atoms with van der Waals surface area (Å²) in [5.74, 6) is -0.417. The third-order valence-electron chi connectivity index (χ3n) is 3.06. The molecule has 2 rings (SSSR count). The van der Waals surface area contributed by atoms with E-state index in [9.17, 15) is 9.59 Å². The minimum Gasteiger partial charge on any atom is -0.469 e. The van der Waals surface area contributed by atoms with Gasteiger partial charge in [0.15, 0.2) is 0 Å². The molecule has 2 aromatic rings. The molecule has 0 aliphatic carbocycles. The molecule has 0 saturated heterocycles. The Hall–Kier alpha value is -2.37. The summed E-state index contributed by atoms with van der Waals surface area (Å²) in [5, 5.41) is 10.7. The van der Waals surface area contributed by atoms with Crippen LogP contribution in [0.1, 0.15) is 24.8 Å². The van der Waals surface area contributed by atoms with Crippen molar-refractivity contribution in [3.05, 3.63) is 23.9 Å². The number of rotatable bonds is 5. The second-order valence-electron chi connectivity index (χ2n) is 4.60. The highest BCUT2D eigenvalue weighted by atomic mass is 16.5. The number of esters is 1. The second kappa shape index (κ2) is 6.18. The Morgan fingerprint density at radius 2 is 2.15 bits per heavy atom. The monoisotopic (exact) mass is 275 g/mol. The van der Waals surface area contributed by atoms with Crippen molar-refractivity contribution < 1.29 is 14.3 Å². The number of carbonyl (C=O) groups is 2. The molecule has 1 aromatic heterocycles. The number of fused-ring (bicyclic) bond motifs is 1. The lowest BCUT2D eigenvalue weighted by Gasteiger charge is -2.06. The fourth-order valence-corrected chi connectivity index (χ4v) is 2.02. The maximum atomic E-state index is 11.8. The number of anilines is 1. The van der Waals surface area contributed by atoms with E-state index < -0.39 is 0 Å². The van der Waals surface area contributed by atoms with Crippen LogP contribution < -0.4 is 5.32 Å². The number of methoxy groups -OCH3 is 1. The molecule has 0 aliphatic heterocycles. The van der Waals surface area contributed by atoms with Crippen LogP contribution >= 0.6 is 0 Å². The largest absolute Gasteiger partial charge is 0.469 e. The van der Waals surface area contributed by atoms with E-state index >= 15 is 0 Å². The average molecular weight is 275 g/mol. The van der Waals surface area contributed by atoms with Gasteiger partial charge in [0.25, 0.3) is 0 Å². The van der Waals surface area contributed by atoms with Crippen molar-refractivity contribution in [3.8, 4) is 0 Å². The van der Waals surface area contributed by atoms with Crippen LogP contribution in [0.25, 0.3) is 10.9 Å². The molecule has 0 fully saturated rings. The third-order valence-corrected chi connectivity index (χ3v) is 3.06. The summed E-state index contributed by atoms with van der Waals surface area (Å²) in [6, 6.07) is 3.74. The van der Waals surface area contributed by atoms with Crippen molar-refractivity contribution in [3.63, 3.8) is 0 Å². The van der Waals surface area contributed by atoms with Crippen LogP contribution in [0, 0.1) is 6.92 Å². The summed E-state index contributed by atoms with van der Waals surface area (Å²) in [4.78, 5) is 22.7. The van der Waals surface area contributed by atoms with Gasteiger partial charge in [0.1, 0.15) is 0 Å². The molecule has 106 valence electrons. The summed E-state index contributed by atoms with van der Waals surface area (Å²) >= 11 is 0. The number of benzene rings is 1. The zero-order valence-electron chi connectivity index (χ0n) is 11.5. The van der Waals surface area contributed by atoms with Crippen LogP contribution in [-0.4, -0.2) is 29.2 Å². The Morgan fingerprint density at radius 3 is 2.90 bits per heavy atom. The predicted octanol–water partition coefficient (Wildman–Crippen LogP) is 2.15. The van der Waals surface area contributed by atoms with Crippen molar-refractivity contribution in [2.45, 2.75) is 26.2 Å². The zero-order chi connectivity index (χ0) is 14.5. The number of nitrogens with zero attached hydrogens (tertiary/aromatic N) is 1. The Kier molecular flexibility index (Phi) is 4.34. The Balaban J connectivity index is 1.94. The number of nitrogens with one attached hydrogen (secondary N) is 2. The first-order chi connectivity index (χ1) is 9.60. The number of carbonyl (C=O) groups excluding carboxylic acids is 2. The van der Waals surface area contributed by atoms with E-state index in [2.05, 4.69) is 20.3 Å². The van der Waals surface area contributed by atoms with Crippen LogP contribution in [0.4, 0.5) is 5.69 Å². The van der Waals surface area contributed by atoms with E-state index in [1.807, 2.05) is 19.1 Å².